The third-order valence-electron chi connectivity index (χ3n) is 5.41. The van der Waals surface area contributed by atoms with Crippen LogP contribution in [-0.4, -0.2) is 45.1 Å². The molecule has 6 heteroatoms. The van der Waals surface area contributed by atoms with E-state index in [4.69, 9.17) is 9.16 Å². The molecule has 1 aromatic rings. The second-order valence-electron chi connectivity index (χ2n) is 8.44. The Balaban J connectivity index is 1.90. The summed E-state index contributed by atoms with van der Waals surface area (Å²) >= 11 is 1.84. The number of carbonyl (C=O) groups is 1. The van der Waals surface area contributed by atoms with Crippen LogP contribution in [0.2, 0.25) is 18.1 Å². The van der Waals surface area contributed by atoms with E-state index in [1.807, 2.05) is 16.2 Å². The molecule has 0 radical (unpaired) electrons. The molecule has 25 heavy (non-hydrogen) atoms. The van der Waals surface area contributed by atoms with E-state index in [2.05, 4.69) is 52.9 Å². The van der Waals surface area contributed by atoms with Crippen LogP contribution in [0.15, 0.2) is 12.1 Å². The zero-order valence-electron chi connectivity index (χ0n) is 16.6. The van der Waals surface area contributed by atoms with Crippen LogP contribution in [0.25, 0.3) is 0 Å². The molecule has 0 saturated carbocycles. The zero-order chi connectivity index (χ0) is 18.7. The van der Waals surface area contributed by atoms with E-state index in [1.165, 1.54) is 9.75 Å². The van der Waals surface area contributed by atoms with E-state index in [0.29, 0.717) is 13.2 Å². The number of amides is 1. The summed E-state index contributed by atoms with van der Waals surface area (Å²) in [5.41, 5.74) is 0. The molecular weight excluding hydrogens is 350 g/mol. The van der Waals surface area contributed by atoms with E-state index in [1.54, 1.807) is 0 Å². The number of cyclic esters (lactones) is 1. The van der Waals surface area contributed by atoms with E-state index in [9.17, 15) is 4.79 Å². The number of carbonyl (C=O) groups excluding carboxylic acids is 1. The van der Waals surface area contributed by atoms with Crippen molar-refractivity contribution in [1.29, 1.82) is 0 Å². The van der Waals surface area contributed by atoms with Crippen LogP contribution >= 0.6 is 11.3 Å². The van der Waals surface area contributed by atoms with Gasteiger partial charge in [-0.1, -0.05) is 20.8 Å². The van der Waals surface area contributed by atoms with Crippen molar-refractivity contribution in [2.75, 3.05) is 19.8 Å². The standard InChI is InChI=1S/C19H33NO3SSi/c1-15-9-10-17(24-15)8-7-12-20-16(11-13-22-18(20)21)14-23-25(5,6)19(2,3)4/h9-10,16H,7-8,11-14H2,1-6H3/t16-/m1/s1. The van der Waals surface area contributed by atoms with Gasteiger partial charge in [-0.3, -0.25) is 0 Å². The number of nitrogens with zero attached hydrogens (tertiary/aromatic N) is 1. The first-order chi connectivity index (χ1) is 11.6. The molecular formula is C19H33NO3SSi. The van der Waals surface area contributed by atoms with Crippen LogP contribution < -0.4 is 0 Å². The van der Waals surface area contributed by atoms with E-state index < -0.39 is 8.32 Å². The Morgan fingerprint density at radius 1 is 1.36 bits per heavy atom. The Hall–Kier alpha value is -0.853. The molecule has 1 aromatic heterocycles. The molecule has 0 bridgehead atoms. The molecule has 4 nitrogen and oxygen atoms in total. The van der Waals surface area contributed by atoms with Crippen LogP contribution in [-0.2, 0) is 15.6 Å². The third kappa shape index (κ3) is 5.56. The van der Waals surface area contributed by atoms with Crippen molar-refractivity contribution in [1.82, 2.24) is 4.90 Å². The molecule has 2 heterocycles. The highest BCUT2D eigenvalue weighted by molar-refractivity contribution is 7.11. The SMILES string of the molecule is Cc1ccc(CCCN2C(=O)OCC[C@@H]2CO[Si](C)(C)C(C)(C)C)s1. The fourth-order valence-electron chi connectivity index (χ4n) is 2.68. The fraction of sp³-hybridized carbons (Fsp3) is 0.737. The lowest BCUT2D eigenvalue weighted by atomic mass is 10.1. The van der Waals surface area contributed by atoms with Gasteiger partial charge in [-0.2, -0.15) is 0 Å². The lowest BCUT2D eigenvalue weighted by Gasteiger charge is -2.40. The van der Waals surface area contributed by atoms with E-state index in [0.717, 1.165) is 25.8 Å². The minimum atomic E-state index is -1.80. The van der Waals surface area contributed by atoms with Crippen molar-refractivity contribution in [2.24, 2.45) is 0 Å². The van der Waals surface area contributed by atoms with Crippen LogP contribution in [0.5, 0.6) is 0 Å². The maximum absolute atomic E-state index is 12.2. The van der Waals surface area contributed by atoms with Gasteiger partial charge in [0.2, 0.25) is 0 Å². The summed E-state index contributed by atoms with van der Waals surface area (Å²) in [4.78, 5) is 16.8. The van der Waals surface area contributed by atoms with Gasteiger partial charge in [0.05, 0.1) is 19.3 Å². The van der Waals surface area contributed by atoms with Crippen molar-refractivity contribution in [2.45, 2.75) is 71.1 Å². The first-order valence-corrected chi connectivity index (χ1v) is 13.0. The topological polar surface area (TPSA) is 38.8 Å². The van der Waals surface area contributed by atoms with E-state index in [-0.39, 0.29) is 17.2 Å². The highest BCUT2D eigenvalue weighted by atomic mass is 32.1. The molecule has 1 amide bonds. The minimum absolute atomic E-state index is 0.139. The molecule has 1 atom stereocenters. The number of thiophene rings is 1. The smallest absolute Gasteiger partial charge is 0.410 e. The number of hydrogen-bond donors (Lipinski definition) is 0. The Kier molecular flexibility index (Phi) is 6.73. The molecule has 1 aliphatic rings. The van der Waals surface area contributed by atoms with Crippen LogP contribution in [0.4, 0.5) is 4.79 Å². The first kappa shape index (κ1) is 20.5. The van der Waals surface area contributed by atoms with Gasteiger partial charge in [-0.25, -0.2) is 4.79 Å². The molecule has 0 N–H and O–H groups in total. The normalized spacial score (nSPS) is 19.2. The summed E-state index contributed by atoms with van der Waals surface area (Å²) in [7, 11) is -1.80. The second-order valence-corrected chi connectivity index (χ2v) is 14.6. The molecule has 0 unspecified atom stereocenters. The summed E-state index contributed by atoms with van der Waals surface area (Å²) in [6.07, 6.45) is 2.65. The lowest BCUT2D eigenvalue weighted by molar-refractivity contribution is 0.0267. The van der Waals surface area contributed by atoms with Gasteiger partial charge < -0.3 is 14.1 Å². The largest absolute Gasteiger partial charge is 0.449 e. The van der Waals surface area contributed by atoms with Crippen LogP contribution in [0, 0.1) is 6.92 Å². The predicted molar refractivity (Wildman–Crippen MR) is 107 cm³/mol. The van der Waals surface area contributed by atoms with Crippen molar-refractivity contribution in [3.8, 4) is 0 Å². The van der Waals surface area contributed by atoms with Crippen molar-refractivity contribution < 1.29 is 14.0 Å². The zero-order valence-corrected chi connectivity index (χ0v) is 18.4. The minimum Gasteiger partial charge on any atom is -0.449 e. The van der Waals surface area contributed by atoms with Gasteiger partial charge in [-0.05, 0) is 50.0 Å². The molecule has 0 aromatic carbocycles. The summed E-state index contributed by atoms with van der Waals surface area (Å²) in [5.74, 6) is 0. The Labute approximate surface area is 157 Å². The van der Waals surface area contributed by atoms with Gasteiger partial charge >= 0.3 is 6.09 Å². The molecule has 2 rings (SSSR count). The summed E-state index contributed by atoms with van der Waals surface area (Å²) in [6, 6.07) is 4.48. The maximum atomic E-state index is 12.2. The summed E-state index contributed by atoms with van der Waals surface area (Å²) < 4.78 is 11.6. The van der Waals surface area contributed by atoms with Crippen LogP contribution in [0.1, 0.15) is 43.4 Å². The molecule has 0 aliphatic carbocycles. The Morgan fingerprint density at radius 2 is 2.08 bits per heavy atom. The third-order valence-corrected chi connectivity index (χ3v) is 11.0. The molecule has 1 fully saturated rings. The van der Waals surface area contributed by atoms with Gasteiger partial charge in [0, 0.05) is 22.7 Å². The molecule has 1 aliphatic heterocycles. The average Bonchev–Trinajstić information content (AvgIpc) is 2.91. The fourth-order valence-corrected chi connectivity index (χ4v) is 4.66. The Bertz CT molecular complexity index is 579. The molecule has 0 spiro atoms. The molecule has 142 valence electrons. The predicted octanol–water partition coefficient (Wildman–Crippen LogP) is 5.22. The number of aryl methyl sites for hydroxylation is 2. The summed E-state index contributed by atoms with van der Waals surface area (Å²) in [6.45, 7) is 15.3. The van der Waals surface area contributed by atoms with Gasteiger partial charge in [0.25, 0.3) is 0 Å². The van der Waals surface area contributed by atoms with Gasteiger partial charge in [0.15, 0.2) is 8.32 Å². The maximum Gasteiger partial charge on any atom is 0.410 e. The van der Waals surface area contributed by atoms with Gasteiger partial charge in [0.1, 0.15) is 0 Å². The van der Waals surface area contributed by atoms with Gasteiger partial charge in [-0.15, -0.1) is 11.3 Å². The number of rotatable bonds is 7. The highest BCUT2D eigenvalue weighted by Crippen LogP contribution is 2.37. The lowest BCUT2D eigenvalue weighted by Crippen LogP contribution is -2.51. The van der Waals surface area contributed by atoms with Crippen molar-refractivity contribution in [3.63, 3.8) is 0 Å². The van der Waals surface area contributed by atoms with Crippen molar-refractivity contribution >= 4 is 25.7 Å². The Morgan fingerprint density at radius 3 is 2.68 bits per heavy atom. The monoisotopic (exact) mass is 383 g/mol. The summed E-state index contributed by atoms with van der Waals surface area (Å²) in [5, 5.41) is 0.185. The quantitative estimate of drug-likeness (QED) is 0.606. The average molecular weight is 384 g/mol. The highest BCUT2D eigenvalue weighted by Gasteiger charge is 2.39. The number of hydrogen-bond acceptors (Lipinski definition) is 4. The number of ether oxygens (including phenoxy) is 1. The van der Waals surface area contributed by atoms with Crippen molar-refractivity contribution in [3.05, 3.63) is 21.9 Å². The van der Waals surface area contributed by atoms with E-state index >= 15 is 0 Å². The second kappa shape index (κ2) is 8.23. The molecule has 1 saturated heterocycles. The van der Waals surface area contributed by atoms with Crippen LogP contribution in [0.3, 0.4) is 0 Å². The first-order valence-electron chi connectivity index (χ1n) is 9.23.